The van der Waals surface area contributed by atoms with Gasteiger partial charge in [0.1, 0.15) is 6.04 Å². The second-order valence-electron chi connectivity index (χ2n) is 7.08. The van der Waals surface area contributed by atoms with Gasteiger partial charge in [-0.25, -0.2) is 0 Å². The van der Waals surface area contributed by atoms with Crippen LogP contribution in [0.5, 0.6) is 0 Å². The molecule has 1 amide bonds. The molecule has 26 heavy (non-hydrogen) atoms. The third-order valence-corrected chi connectivity index (χ3v) is 6.58. The molecule has 0 saturated carbocycles. The Balaban J connectivity index is 1.95. The maximum absolute atomic E-state index is 11.7. The zero-order chi connectivity index (χ0) is 18.4. The minimum Gasteiger partial charge on any atom is -0.381 e. The van der Waals surface area contributed by atoms with E-state index in [-0.39, 0.29) is 12.3 Å². The summed E-state index contributed by atoms with van der Waals surface area (Å²) in [6.45, 7) is 7.71. The van der Waals surface area contributed by atoms with E-state index in [1.165, 1.54) is 16.0 Å². The van der Waals surface area contributed by atoms with Crippen LogP contribution in [0.15, 0.2) is 9.52 Å². The van der Waals surface area contributed by atoms with Gasteiger partial charge >= 0.3 is 0 Å². The van der Waals surface area contributed by atoms with Crippen LogP contribution in [0.3, 0.4) is 0 Å². The first-order chi connectivity index (χ1) is 12.5. The average Bonchev–Trinajstić information content (AvgIpc) is 3.08. The molecule has 2 N–H and O–H groups in total. The molecular formula is C19H23N3O3S. The topological polar surface area (TPSA) is 90.7 Å². The number of rotatable bonds is 3. The SMILES string of the molecule is Cc1noc2c1-c1sc(C)c(C)c1C(C1CCOCC1)=N[C@H]2CC(N)=O. The Bertz CT molecular complexity index is 890. The smallest absolute Gasteiger partial charge is 0.220 e. The number of aromatic nitrogens is 1. The second-order valence-corrected chi connectivity index (χ2v) is 8.31. The molecule has 4 heterocycles. The highest BCUT2D eigenvalue weighted by atomic mass is 32.1. The van der Waals surface area contributed by atoms with Crippen molar-refractivity contribution in [3.63, 3.8) is 0 Å². The zero-order valence-electron chi connectivity index (χ0n) is 15.3. The van der Waals surface area contributed by atoms with Crippen molar-refractivity contribution in [1.82, 2.24) is 5.16 Å². The number of fused-ring (bicyclic) bond motifs is 3. The number of aryl methyl sites for hydroxylation is 2. The van der Waals surface area contributed by atoms with Crippen LogP contribution in [-0.2, 0) is 9.53 Å². The number of carbonyl (C=O) groups excluding carboxylic acids is 1. The van der Waals surface area contributed by atoms with Crippen LogP contribution in [-0.4, -0.2) is 30.0 Å². The molecule has 0 aliphatic carbocycles. The van der Waals surface area contributed by atoms with E-state index < -0.39 is 6.04 Å². The van der Waals surface area contributed by atoms with E-state index in [0.717, 1.165) is 47.9 Å². The predicted molar refractivity (Wildman–Crippen MR) is 101 cm³/mol. The fraction of sp³-hybridized carbons (Fsp3) is 0.526. The van der Waals surface area contributed by atoms with Crippen LogP contribution in [0.1, 0.15) is 52.8 Å². The molecule has 2 aliphatic heterocycles. The molecule has 7 heteroatoms. The maximum Gasteiger partial charge on any atom is 0.220 e. The van der Waals surface area contributed by atoms with Crippen molar-refractivity contribution in [1.29, 1.82) is 0 Å². The first-order valence-corrected chi connectivity index (χ1v) is 9.79. The highest BCUT2D eigenvalue weighted by molar-refractivity contribution is 7.16. The fourth-order valence-corrected chi connectivity index (χ4v) is 5.17. The minimum absolute atomic E-state index is 0.126. The Morgan fingerprint density at radius 2 is 1.96 bits per heavy atom. The van der Waals surface area contributed by atoms with Crippen LogP contribution in [0.2, 0.25) is 0 Å². The number of nitrogens with zero attached hydrogens (tertiary/aromatic N) is 2. The van der Waals surface area contributed by atoms with E-state index in [1.807, 2.05) is 6.92 Å². The van der Waals surface area contributed by atoms with Crippen LogP contribution in [0.4, 0.5) is 0 Å². The molecule has 4 rings (SSSR count). The van der Waals surface area contributed by atoms with Gasteiger partial charge in [-0.05, 0) is 39.2 Å². The van der Waals surface area contributed by atoms with Gasteiger partial charge in [-0.1, -0.05) is 5.16 Å². The Hall–Kier alpha value is -1.99. The molecule has 6 nitrogen and oxygen atoms in total. The zero-order valence-corrected chi connectivity index (χ0v) is 16.1. The fourth-order valence-electron chi connectivity index (χ4n) is 3.90. The summed E-state index contributed by atoms with van der Waals surface area (Å²) in [5.74, 6) is 0.594. The number of hydrogen-bond acceptors (Lipinski definition) is 6. The summed E-state index contributed by atoms with van der Waals surface area (Å²) in [5, 5.41) is 4.16. The highest BCUT2D eigenvalue weighted by Crippen LogP contribution is 2.46. The molecule has 1 atom stereocenters. The van der Waals surface area contributed by atoms with Crippen LogP contribution in [0.25, 0.3) is 10.4 Å². The average molecular weight is 373 g/mol. The van der Waals surface area contributed by atoms with Gasteiger partial charge in [-0.15, -0.1) is 11.3 Å². The summed E-state index contributed by atoms with van der Waals surface area (Å²) in [7, 11) is 0. The first-order valence-electron chi connectivity index (χ1n) is 8.98. The normalized spacial score (nSPS) is 20.3. The molecule has 2 aromatic rings. The van der Waals surface area contributed by atoms with E-state index in [4.69, 9.17) is 20.0 Å². The molecule has 2 aromatic heterocycles. The summed E-state index contributed by atoms with van der Waals surface area (Å²) in [5.41, 5.74) is 10.8. The summed E-state index contributed by atoms with van der Waals surface area (Å²) in [4.78, 5) is 19.2. The van der Waals surface area contributed by atoms with E-state index in [1.54, 1.807) is 11.3 Å². The van der Waals surface area contributed by atoms with Crippen molar-refractivity contribution < 1.29 is 14.1 Å². The number of thiophene rings is 1. The van der Waals surface area contributed by atoms with Crippen LogP contribution in [0, 0.1) is 26.7 Å². The second kappa shape index (κ2) is 6.63. The standard InChI is InChI=1S/C19H23N3O3S/c1-9-11(3)26-19-15(9)17(12-4-6-24-7-5-12)21-13(8-14(20)23)18-16(19)10(2)22-25-18/h12-13H,4-8H2,1-3H3,(H2,20,23)/t13-/m0/s1. The maximum atomic E-state index is 11.7. The summed E-state index contributed by atoms with van der Waals surface area (Å²) in [6.07, 6.45) is 2.00. The van der Waals surface area contributed by atoms with Crippen molar-refractivity contribution in [2.45, 2.75) is 46.1 Å². The van der Waals surface area contributed by atoms with E-state index in [9.17, 15) is 4.79 Å². The number of nitrogens with two attached hydrogens (primary N) is 1. The largest absolute Gasteiger partial charge is 0.381 e. The van der Waals surface area contributed by atoms with E-state index >= 15 is 0 Å². The lowest BCUT2D eigenvalue weighted by Crippen LogP contribution is -2.25. The molecule has 0 spiro atoms. The number of aliphatic imine (C=N–C) groups is 1. The van der Waals surface area contributed by atoms with E-state index in [0.29, 0.717) is 11.7 Å². The Kier molecular flexibility index (Phi) is 4.44. The lowest BCUT2D eigenvalue weighted by atomic mass is 9.87. The number of carbonyl (C=O) groups is 1. The van der Waals surface area contributed by atoms with Gasteiger partial charge in [0, 0.05) is 40.2 Å². The van der Waals surface area contributed by atoms with Gasteiger partial charge < -0.3 is 15.0 Å². The Morgan fingerprint density at radius 1 is 1.23 bits per heavy atom. The van der Waals surface area contributed by atoms with Gasteiger partial charge in [-0.2, -0.15) is 0 Å². The molecule has 138 valence electrons. The number of hydrogen-bond donors (Lipinski definition) is 1. The number of primary amides is 1. The monoisotopic (exact) mass is 373 g/mol. The predicted octanol–water partition coefficient (Wildman–Crippen LogP) is 3.47. The van der Waals surface area contributed by atoms with E-state index in [2.05, 4.69) is 19.0 Å². The summed E-state index contributed by atoms with van der Waals surface area (Å²) < 4.78 is 11.2. The third-order valence-electron chi connectivity index (χ3n) is 5.36. The highest BCUT2D eigenvalue weighted by Gasteiger charge is 2.36. The molecule has 0 bridgehead atoms. The van der Waals surface area contributed by atoms with Gasteiger partial charge in [0.25, 0.3) is 0 Å². The summed E-state index contributed by atoms with van der Waals surface area (Å²) in [6, 6.07) is -0.416. The molecule has 0 unspecified atom stereocenters. The summed E-state index contributed by atoms with van der Waals surface area (Å²) >= 11 is 1.75. The third kappa shape index (κ3) is 2.79. The molecular weight excluding hydrogens is 350 g/mol. The molecule has 2 aliphatic rings. The number of amides is 1. The van der Waals surface area contributed by atoms with Crippen molar-refractivity contribution in [3.05, 3.63) is 27.5 Å². The van der Waals surface area contributed by atoms with Gasteiger partial charge in [-0.3, -0.25) is 9.79 Å². The lowest BCUT2D eigenvalue weighted by molar-refractivity contribution is -0.118. The minimum atomic E-state index is -0.416. The van der Waals surface area contributed by atoms with Crippen LogP contribution >= 0.6 is 11.3 Å². The lowest BCUT2D eigenvalue weighted by Gasteiger charge is -2.25. The molecule has 1 saturated heterocycles. The van der Waals surface area contributed by atoms with Gasteiger partial charge in [0.2, 0.25) is 5.91 Å². The van der Waals surface area contributed by atoms with Gasteiger partial charge in [0.05, 0.1) is 17.7 Å². The quantitative estimate of drug-likeness (QED) is 0.892. The first kappa shape index (κ1) is 17.4. The van der Waals surface area contributed by atoms with Crippen molar-refractivity contribution in [2.24, 2.45) is 16.6 Å². The number of ether oxygens (including phenoxy) is 1. The molecule has 1 fully saturated rings. The molecule has 0 aromatic carbocycles. The Morgan fingerprint density at radius 3 is 2.65 bits per heavy atom. The van der Waals surface area contributed by atoms with Crippen molar-refractivity contribution in [3.8, 4) is 10.4 Å². The Labute approximate surface area is 156 Å². The van der Waals surface area contributed by atoms with Crippen molar-refractivity contribution in [2.75, 3.05) is 13.2 Å². The molecule has 0 radical (unpaired) electrons. The van der Waals surface area contributed by atoms with Gasteiger partial charge in [0.15, 0.2) is 5.76 Å². The van der Waals surface area contributed by atoms with Crippen LogP contribution < -0.4 is 5.73 Å². The van der Waals surface area contributed by atoms with Crippen molar-refractivity contribution >= 4 is 23.0 Å².